The number of halogens is 1. The lowest BCUT2D eigenvalue weighted by Gasteiger charge is -2.20. The third-order valence-electron chi connectivity index (χ3n) is 4.26. The Kier molecular flexibility index (Phi) is 6.39. The van der Waals surface area contributed by atoms with Crippen LogP contribution in [0, 0.1) is 5.92 Å². The standard InChI is InChI=1S/C17H26BrN/c1-2-19-17(11-10-14-6-3-4-7-14)13-15-8-5-9-16(18)12-15/h5,8-9,12,14,17,19H,2-4,6-7,10-11,13H2,1H3. The molecule has 19 heavy (non-hydrogen) atoms. The Morgan fingerprint density at radius 2 is 2.11 bits per heavy atom. The van der Waals surface area contributed by atoms with Gasteiger partial charge in [0, 0.05) is 10.5 Å². The molecule has 0 saturated heterocycles. The van der Waals surface area contributed by atoms with Crippen molar-refractivity contribution in [3.8, 4) is 0 Å². The van der Waals surface area contributed by atoms with Gasteiger partial charge in [0.1, 0.15) is 0 Å². The predicted molar refractivity (Wildman–Crippen MR) is 86.5 cm³/mol. The molecule has 106 valence electrons. The number of benzene rings is 1. The molecule has 1 atom stereocenters. The van der Waals surface area contributed by atoms with Gasteiger partial charge in [-0.1, -0.05) is 60.7 Å². The van der Waals surface area contributed by atoms with E-state index in [9.17, 15) is 0 Å². The first-order valence-electron chi connectivity index (χ1n) is 7.75. The van der Waals surface area contributed by atoms with Crippen LogP contribution in [-0.2, 0) is 6.42 Å². The van der Waals surface area contributed by atoms with Crippen LogP contribution in [0.2, 0.25) is 0 Å². The molecule has 1 fully saturated rings. The maximum Gasteiger partial charge on any atom is 0.0178 e. The fraction of sp³-hybridized carbons (Fsp3) is 0.647. The molecule has 1 aromatic rings. The van der Waals surface area contributed by atoms with E-state index in [1.807, 2.05) is 0 Å². The van der Waals surface area contributed by atoms with E-state index in [2.05, 4.69) is 52.4 Å². The Bertz CT molecular complexity index is 371. The molecule has 0 radical (unpaired) electrons. The smallest absolute Gasteiger partial charge is 0.0178 e. The Hall–Kier alpha value is -0.340. The van der Waals surface area contributed by atoms with E-state index in [-0.39, 0.29) is 0 Å². The number of likely N-dealkylation sites (N-methyl/N-ethyl adjacent to an activating group) is 1. The quantitative estimate of drug-likeness (QED) is 0.749. The van der Waals surface area contributed by atoms with Crippen molar-refractivity contribution in [3.63, 3.8) is 0 Å². The molecule has 0 spiro atoms. The molecule has 1 aliphatic carbocycles. The summed E-state index contributed by atoms with van der Waals surface area (Å²) in [7, 11) is 0. The molecule has 0 amide bonds. The van der Waals surface area contributed by atoms with Gasteiger partial charge in [0.25, 0.3) is 0 Å². The Labute approximate surface area is 126 Å². The number of hydrogen-bond acceptors (Lipinski definition) is 1. The Morgan fingerprint density at radius 3 is 2.79 bits per heavy atom. The fourth-order valence-electron chi connectivity index (χ4n) is 3.25. The van der Waals surface area contributed by atoms with Gasteiger partial charge in [-0.15, -0.1) is 0 Å². The van der Waals surface area contributed by atoms with Crippen LogP contribution in [0.1, 0.15) is 51.0 Å². The van der Waals surface area contributed by atoms with Crippen molar-refractivity contribution in [2.45, 2.75) is 57.9 Å². The summed E-state index contributed by atoms with van der Waals surface area (Å²) in [5, 5.41) is 3.66. The topological polar surface area (TPSA) is 12.0 Å². The molecular formula is C17H26BrN. The maximum atomic E-state index is 3.66. The van der Waals surface area contributed by atoms with Gasteiger partial charge in [-0.25, -0.2) is 0 Å². The first-order valence-corrected chi connectivity index (χ1v) is 8.55. The fourth-order valence-corrected chi connectivity index (χ4v) is 3.70. The second-order valence-corrected chi connectivity index (χ2v) is 6.73. The van der Waals surface area contributed by atoms with Gasteiger partial charge in [-0.2, -0.15) is 0 Å². The second-order valence-electron chi connectivity index (χ2n) is 5.82. The minimum atomic E-state index is 0.639. The maximum absolute atomic E-state index is 3.66. The molecule has 2 heteroatoms. The van der Waals surface area contributed by atoms with E-state index in [4.69, 9.17) is 0 Å². The van der Waals surface area contributed by atoms with Crippen LogP contribution in [0.5, 0.6) is 0 Å². The van der Waals surface area contributed by atoms with Crippen LogP contribution in [0.4, 0.5) is 0 Å². The van der Waals surface area contributed by atoms with Crippen molar-refractivity contribution >= 4 is 15.9 Å². The van der Waals surface area contributed by atoms with Gasteiger partial charge in [-0.05, 0) is 49.4 Å². The molecule has 0 aliphatic heterocycles. The van der Waals surface area contributed by atoms with E-state index in [1.54, 1.807) is 0 Å². The summed E-state index contributed by atoms with van der Waals surface area (Å²) in [5.74, 6) is 1.00. The van der Waals surface area contributed by atoms with Gasteiger partial charge in [0.2, 0.25) is 0 Å². The van der Waals surface area contributed by atoms with Gasteiger partial charge >= 0.3 is 0 Å². The van der Waals surface area contributed by atoms with Crippen LogP contribution in [0.15, 0.2) is 28.7 Å². The zero-order valence-corrected chi connectivity index (χ0v) is 13.6. The van der Waals surface area contributed by atoms with Crippen molar-refractivity contribution in [1.82, 2.24) is 5.32 Å². The summed E-state index contributed by atoms with van der Waals surface area (Å²) in [4.78, 5) is 0. The van der Waals surface area contributed by atoms with E-state index >= 15 is 0 Å². The number of rotatable bonds is 7. The van der Waals surface area contributed by atoms with Gasteiger partial charge < -0.3 is 5.32 Å². The zero-order valence-electron chi connectivity index (χ0n) is 12.0. The van der Waals surface area contributed by atoms with Crippen LogP contribution < -0.4 is 5.32 Å². The lowest BCUT2D eigenvalue weighted by Crippen LogP contribution is -2.31. The highest BCUT2D eigenvalue weighted by molar-refractivity contribution is 9.10. The average Bonchev–Trinajstić information content (AvgIpc) is 2.89. The molecule has 2 rings (SSSR count). The van der Waals surface area contributed by atoms with Crippen LogP contribution in [-0.4, -0.2) is 12.6 Å². The normalized spacial score (nSPS) is 17.8. The van der Waals surface area contributed by atoms with Crippen LogP contribution >= 0.6 is 15.9 Å². The van der Waals surface area contributed by atoms with Crippen LogP contribution in [0.3, 0.4) is 0 Å². The van der Waals surface area contributed by atoms with Crippen LogP contribution in [0.25, 0.3) is 0 Å². The summed E-state index contributed by atoms with van der Waals surface area (Å²) in [6, 6.07) is 9.37. The third kappa shape index (κ3) is 5.27. The molecule has 1 saturated carbocycles. The van der Waals surface area contributed by atoms with Crippen molar-refractivity contribution in [2.75, 3.05) is 6.54 Å². The number of hydrogen-bond donors (Lipinski definition) is 1. The van der Waals surface area contributed by atoms with Gasteiger partial charge in [0.15, 0.2) is 0 Å². The third-order valence-corrected chi connectivity index (χ3v) is 4.76. The highest BCUT2D eigenvalue weighted by Gasteiger charge is 2.17. The molecule has 0 heterocycles. The molecule has 1 unspecified atom stereocenters. The molecule has 0 bridgehead atoms. The van der Waals surface area contributed by atoms with E-state index in [0.29, 0.717) is 6.04 Å². The molecule has 1 N–H and O–H groups in total. The Morgan fingerprint density at radius 1 is 1.32 bits per heavy atom. The lowest BCUT2D eigenvalue weighted by atomic mass is 9.95. The predicted octanol–water partition coefficient (Wildman–Crippen LogP) is 4.94. The molecule has 0 aromatic heterocycles. The first kappa shape index (κ1) is 15.1. The monoisotopic (exact) mass is 323 g/mol. The summed E-state index contributed by atoms with van der Waals surface area (Å²) >= 11 is 3.56. The minimum Gasteiger partial charge on any atom is -0.314 e. The summed E-state index contributed by atoms with van der Waals surface area (Å²) in [6.45, 7) is 3.28. The highest BCUT2D eigenvalue weighted by Crippen LogP contribution is 2.29. The molecule has 1 aromatic carbocycles. The second kappa shape index (κ2) is 8.06. The van der Waals surface area contributed by atoms with E-state index < -0.39 is 0 Å². The van der Waals surface area contributed by atoms with Crippen molar-refractivity contribution in [2.24, 2.45) is 5.92 Å². The van der Waals surface area contributed by atoms with Crippen molar-refractivity contribution < 1.29 is 0 Å². The molecule has 1 nitrogen and oxygen atoms in total. The number of nitrogens with one attached hydrogen (secondary N) is 1. The van der Waals surface area contributed by atoms with E-state index in [1.165, 1.54) is 48.6 Å². The molecule has 1 aliphatic rings. The van der Waals surface area contributed by atoms with E-state index in [0.717, 1.165) is 18.9 Å². The average molecular weight is 324 g/mol. The minimum absolute atomic E-state index is 0.639. The largest absolute Gasteiger partial charge is 0.314 e. The van der Waals surface area contributed by atoms with Gasteiger partial charge in [0.05, 0.1) is 0 Å². The summed E-state index contributed by atoms with van der Waals surface area (Å²) in [6.07, 6.45) is 9.74. The highest BCUT2D eigenvalue weighted by atomic mass is 79.9. The zero-order chi connectivity index (χ0) is 13.5. The summed E-state index contributed by atoms with van der Waals surface area (Å²) in [5.41, 5.74) is 1.44. The molecular weight excluding hydrogens is 298 g/mol. The SMILES string of the molecule is CCNC(CCC1CCCC1)Cc1cccc(Br)c1. The Balaban J connectivity index is 1.84. The first-order chi connectivity index (χ1) is 9.28. The van der Waals surface area contributed by atoms with Gasteiger partial charge in [-0.3, -0.25) is 0 Å². The lowest BCUT2D eigenvalue weighted by molar-refractivity contribution is 0.407. The summed E-state index contributed by atoms with van der Waals surface area (Å²) < 4.78 is 1.19. The van der Waals surface area contributed by atoms with Crippen molar-refractivity contribution in [1.29, 1.82) is 0 Å². The van der Waals surface area contributed by atoms with Crippen molar-refractivity contribution in [3.05, 3.63) is 34.3 Å².